The molecule has 0 aliphatic carbocycles. The maximum absolute atomic E-state index is 14.1. The van der Waals surface area contributed by atoms with Gasteiger partial charge in [-0.25, -0.2) is 18.0 Å². The smallest absolute Gasteiger partial charge is 0.511 e. The van der Waals surface area contributed by atoms with Crippen LogP contribution in [0.15, 0.2) is 60.7 Å². The molecule has 5 unspecified atom stereocenters. The topological polar surface area (TPSA) is 231 Å². The fraction of sp³-hybridized carbons (Fsp3) is 0.444. The van der Waals surface area contributed by atoms with Crippen molar-refractivity contribution in [3.05, 3.63) is 71.8 Å². The number of hydrogen-bond acceptors (Lipinski definition) is 13. The van der Waals surface area contributed by atoms with Gasteiger partial charge in [-0.15, -0.1) is 0 Å². The van der Waals surface area contributed by atoms with E-state index in [9.17, 15) is 40.3 Å². The third-order valence-electron chi connectivity index (χ3n) is 6.61. The second-order valence-corrected chi connectivity index (χ2v) is 14.6. The molecular weight excluding hydrogens is 640 g/mol. The Kier molecular flexibility index (Phi) is 13.6. The van der Waals surface area contributed by atoms with E-state index in [0.717, 1.165) is 13.4 Å². The van der Waals surface area contributed by atoms with Crippen LogP contribution in [0.2, 0.25) is 0 Å². The molecule has 2 aromatic rings. The van der Waals surface area contributed by atoms with Gasteiger partial charge in [-0.3, -0.25) is 13.2 Å². The molecule has 2 aromatic carbocycles. The van der Waals surface area contributed by atoms with Gasteiger partial charge in [0.15, 0.2) is 0 Å². The van der Waals surface area contributed by atoms with Gasteiger partial charge in [-0.05, 0) is 53.9 Å². The van der Waals surface area contributed by atoms with E-state index in [1.807, 2.05) is 0 Å². The van der Waals surface area contributed by atoms with Gasteiger partial charge < -0.3 is 34.4 Å². The number of carbonyl (C=O) groups excluding carboxylic acids is 3. The lowest BCUT2D eigenvalue weighted by molar-refractivity contribution is -0.174. The van der Waals surface area contributed by atoms with Crippen LogP contribution in [-0.4, -0.2) is 79.8 Å². The Balaban J connectivity index is 2.71. The molecule has 3 N–H and O–H groups in total. The van der Waals surface area contributed by atoms with Gasteiger partial charge in [0, 0.05) is 23.8 Å². The first-order chi connectivity index (χ1) is 20.6. The predicted octanol–water partition coefficient (Wildman–Crippen LogP) is 0.767. The molecule has 0 saturated heterocycles. The number of carbonyl (C=O) groups is 3. The van der Waals surface area contributed by atoms with Crippen molar-refractivity contribution in [2.45, 2.75) is 42.0 Å². The van der Waals surface area contributed by atoms with E-state index >= 15 is 0 Å². The van der Waals surface area contributed by atoms with Gasteiger partial charge in [-0.2, -0.15) is 0 Å². The summed E-state index contributed by atoms with van der Waals surface area (Å²) in [5.74, 6) is -4.58. The monoisotopic (exact) mass is 674 g/mol. The van der Waals surface area contributed by atoms with Crippen LogP contribution >= 0.6 is 0 Å². The first-order valence-corrected chi connectivity index (χ1v) is 17.3. The number of nitrogens with one attached hydrogen (secondary N) is 1. The molecule has 244 valence electrons. The molecule has 0 aliphatic rings. The van der Waals surface area contributed by atoms with Crippen molar-refractivity contribution >= 4 is 50.0 Å². The third-order valence-corrected chi connectivity index (χ3v) is 10.5. The van der Waals surface area contributed by atoms with E-state index in [1.54, 1.807) is 36.4 Å². The van der Waals surface area contributed by atoms with Crippen LogP contribution in [-0.2, 0) is 67.9 Å². The molecule has 1 amide bonds. The summed E-state index contributed by atoms with van der Waals surface area (Å²) in [6.45, 7) is 1.31. The molecule has 0 saturated carbocycles. The zero-order chi connectivity index (χ0) is 33.1. The first-order valence-electron chi connectivity index (χ1n) is 13.1. The maximum atomic E-state index is 14.1. The minimum atomic E-state index is -3.68. The molecule has 17 heteroatoms. The quantitative estimate of drug-likeness (QED) is 0.142. The number of rotatable bonds is 16. The Morgan fingerprint density at radius 1 is 1.00 bits per heavy atom. The predicted molar refractivity (Wildman–Crippen MR) is 158 cm³/mol. The van der Waals surface area contributed by atoms with Crippen LogP contribution in [0.25, 0.3) is 0 Å². The van der Waals surface area contributed by atoms with Crippen LogP contribution in [0, 0.1) is 5.92 Å². The minimum Gasteiger partial charge on any atom is -0.771 e. The highest BCUT2D eigenvalue weighted by atomic mass is 32.3. The molecule has 0 aromatic heterocycles. The van der Waals surface area contributed by atoms with Crippen molar-refractivity contribution in [3.8, 4) is 0 Å². The zero-order valence-corrected chi connectivity index (χ0v) is 26.6. The van der Waals surface area contributed by atoms with Gasteiger partial charge in [0.1, 0.15) is 13.9 Å². The Morgan fingerprint density at radius 2 is 1.55 bits per heavy atom. The van der Waals surface area contributed by atoms with Crippen molar-refractivity contribution in [2.75, 3.05) is 25.7 Å². The Morgan fingerprint density at radius 3 is 2.02 bits per heavy atom. The number of hydrogen-bond donors (Lipinski definition) is 2. The number of esters is 1. The second-order valence-electron chi connectivity index (χ2n) is 9.71. The first kappa shape index (κ1) is 37.0. The van der Waals surface area contributed by atoms with E-state index in [-0.39, 0.29) is 18.6 Å². The zero-order valence-electron chi connectivity index (χ0n) is 24.2. The molecular formula is C27H34N2O12S3-2. The molecule has 0 radical (unpaired) electrons. The van der Waals surface area contributed by atoms with E-state index in [2.05, 4.69) is 5.32 Å². The molecule has 0 spiro atoms. The Labute approximate surface area is 260 Å². The fourth-order valence-corrected chi connectivity index (χ4v) is 6.91. The van der Waals surface area contributed by atoms with Crippen LogP contribution < -0.4 is 11.1 Å². The van der Waals surface area contributed by atoms with Gasteiger partial charge in [-0.1, -0.05) is 60.7 Å². The van der Waals surface area contributed by atoms with Gasteiger partial charge in [0.05, 0.1) is 19.5 Å². The summed E-state index contributed by atoms with van der Waals surface area (Å²) in [4.78, 5) is 39.8. The van der Waals surface area contributed by atoms with E-state index in [4.69, 9.17) is 19.9 Å². The number of benzene rings is 2. The summed E-state index contributed by atoms with van der Waals surface area (Å²) in [7, 11) is -2.71. The highest BCUT2D eigenvalue weighted by molar-refractivity contribution is 7.99. The number of ether oxygens (including phenoxy) is 3. The fourth-order valence-electron chi connectivity index (χ4n) is 4.38. The molecule has 0 heterocycles. The summed E-state index contributed by atoms with van der Waals surface area (Å²) in [5.41, 5.74) is 3.78. The second kappa shape index (κ2) is 16.2. The Bertz CT molecular complexity index is 1430. The number of nitrogens with two attached hydrogens (primary N) is 1. The minimum absolute atomic E-state index is 0.0809. The molecule has 2 rings (SSSR count). The highest BCUT2D eigenvalue weighted by Crippen LogP contribution is 2.34. The summed E-state index contributed by atoms with van der Waals surface area (Å²) < 4.78 is 86.1. The largest absolute Gasteiger partial charge is 0.771 e. The average Bonchev–Trinajstić information content (AvgIpc) is 2.97. The van der Waals surface area contributed by atoms with Crippen molar-refractivity contribution < 1.29 is 54.5 Å². The molecule has 0 fully saturated rings. The standard InChI is InChI=1S/C27H36N2O12S3/c1-4-40-25(32)41-27(24(31)39-2,21-13-9-6-10-14-21)29-23(30)20(17-19-11-7-5-8-12-19)18-26(42(33)34,43(35)36)22(28)15-16-44(3,37)38/h5-14,20,22H,4,15-18,28H2,1-3H3,(H,29,30)(H,33,34)(H,35,36)/p-2. The van der Waals surface area contributed by atoms with Crippen molar-refractivity contribution in [1.82, 2.24) is 5.32 Å². The molecule has 0 aliphatic heterocycles. The molecule has 0 bridgehead atoms. The van der Waals surface area contributed by atoms with Crippen molar-refractivity contribution in [3.63, 3.8) is 0 Å². The van der Waals surface area contributed by atoms with Gasteiger partial charge in [0.25, 0.3) is 0 Å². The van der Waals surface area contributed by atoms with Crippen molar-refractivity contribution in [2.24, 2.45) is 11.7 Å². The number of sulfone groups is 1. The van der Waals surface area contributed by atoms with Crippen molar-refractivity contribution in [1.29, 1.82) is 0 Å². The summed E-state index contributed by atoms with van der Waals surface area (Å²) >= 11 is -6.97. The SMILES string of the molecule is CCOC(=O)OC(NC(=O)C(Cc1ccccc1)CC(C(N)CCS(C)(=O)=O)(S(=O)[O-])S(=O)[O-])(C(=O)OC)c1ccccc1. The Hall–Kier alpha value is -3.22. The maximum Gasteiger partial charge on any atom is 0.511 e. The summed E-state index contributed by atoms with van der Waals surface area (Å²) in [6.07, 6.45) is -2.29. The normalized spacial score (nSPS) is 17.0. The van der Waals surface area contributed by atoms with Crippen LogP contribution in [0.5, 0.6) is 0 Å². The van der Waals surface area contributed by atoms with Gasteiger partial charge in [0.2, 0.25) is 5.91 Å². The lowest BCUT2D eigenvalue weighted by atomic mass is 9.90. The molecule has 44 heavy (non-hydrogen) atoms. The summed E-state index contributed by atoms with van der Waals surface area (Å²) in [6, 6.07) is 13.5. The average molecular weight is 675 g/mol. The third kappa shape index (κ3) is 9.39. The van der Waals surface area contributed by atoms with Crippen LogP contribution in [0.4, 0.5) is 4.79 Å². The molecule has 5 atom stereocenters. The molecule has 14 nitrogen and oxygen atoms in total. The number of methoxy groups -OCH3 is 1. The van der Waals surface area contributed by atoms with E-state index in [0.29, 0.717) is 5.56 Å². The van der Waals surface area contributed by atoms with Crippen LogP contribution in [0.1, 0.15) is 30.9 Å². The van der Waals surface area contributed by atoms with E-state index in [1.165, 1.54) is 31.2 Å². The highest BCUT2D eigenvalue weighted by Gasteiger charge is 2.50. The van der Waals surface area contributed by atoms with Crippen LogP contribution in [0.3, 0.4) is 0 Å². The van der Waals surface area contributed by atoms with Gasteiger partial charge >= 0.3 is 17.8 Å². The lowest BCUT2D eigenvalue weighted by Crippen LogP contribution is -2.60. The summed E-state index contributed by atoms with van der Waals surface area (Å²) in [5, 5.41) is 2.33. The number of amides is 1. The van der Waals surface area contributed by atoms with E-state index < -0.39 is 90.4 Å². The lowest BCUT2D eigenvalue weighted by Gasteiger charge is -2.44.